The smallest absolute Gasteiger partial charge is 0.258 e. The molecule has 0 bridgehead atoms. The van der Waals surface area contributed by atoms with E-state index in [1.54, 1.807) is 25.3 Å². The highest BCUT2D eigenvalue weighted by Crippen LogP contribution is 2.38. The van der Waals surface area contributed by atoms with Gasteiger partial charge in [0.15, 0.2) is 0 Å². The molecule has 4 nitrogen and oxygen atoms in total. The van der Waals surface area contributed by atoms with Gasteiger partial charge < -0.3 is 9.64 Å². The lowest BCUT2D eigenvalue weighted by molar-refractivity contribution is 0.0895. The van der Waals surface area contributed by atoms with Crippen LogP contribution in [0.25, 0.3) is 0 Å². The molecule has 1 aliphatic carbocycles. The van der Waals surface area contributed by atoms with Crippen molar-refractivity contribution in [1.82, 2.24) is 4.90 Å². The molecule has 1 saturated heterocycles. The first-order chi connectivity index (χ1) is 18.0. The molecule has 0 aromatic heterocycles. The molecular formula is C31H34Cl2N2O2. The van der Waals surface area contributed by atoms with Crippen LogP contribution in [0.3, 0.4) is 0 Å². The molecule has 1 aliphatic heterocycles. The van der Waals surface area contributed by atoms with Gasteiger partial charge in [0.05, 0.1) is 17.2 Å². The van der Waals surface area contributed by atoms with Crippen molar-refractivity contribution in [2.45, 2.75) is 56.5 Å². The second-order valence-electron chi connectivity index (χ2n) is 10.1. The topological polar surface area (TPSA) is 32.8 Å². The van der Waals surface area contributed by atoms with E-state index in [1.807, 2.05) is 29.2 Å². The number of anilines is 1. The molecule has 2 atom stereocenters. The number of methoxy groups -OCH3 is 1. The van der Waals surface area contributed by atoms with E-state index >= 15 is 0 Å². The van der Waals surface area contributed by atoms with Gasteiger partial charge in [0.25, 0.3) is 5.91 Å². The SMILES string of the molecule is COc1ccc(N(C(=O)c2ccc(Cl)c(Cl)c2)C2CCN(C3CCCCC3c3ccccc3)CC2)cc1. The standard InChI is InChI=1S/C31H34Cl2N2O2/c1-37-26-14-12-24(13-15-26)35(31(36)23-11-16-28(32)29(33)21-23)25-17-19-34(20-18-25)30-10-6-5-9-27(30)22-7-3-2-4-8-22/h2-4,7-8,11-16,21,25,27,30H,5-6,9-10,17-20H2,1H3. The number of halogens is 2. The number of amides is 1. The summed E-state index contributed by atoms with van der Waals surface area (Å²) >= 11 is 12.4. The molecule has 0 N–H and O–H groups in total. The Hall–Kier alpha value is -2.53. The third-order valence-corrected chi connectivity index (χ3v) is 8.77. The number of ether oxygens (including phenoxy) is 1. The van der Waals surface area contributed by atoms with Gasteiger partial charge in [-0.2, -0.15) is 0 Å². The highest BCUT2D eigenvalue weighted by Gasteiger charge is 2.36. The Morgan fingerprint density at radius 3 is 2.24 bits per heavy atom. The molecule has 2 unspecified atom stereocenters. The number of likely N-dealkylation sites (tertiary alicyclic amines) is 1. The number of nitrogens with zero attached hydrogens (tertiary/aromatic N) is 2. The number of benzene rings is 3. The van der Waals surface area contributed by atoms with Crippen molar-refractivity contribution in [2.75, 3.05) is 25.1 Å². The average molecular weight is 538 g/mol. The van der Waals surface area contributed by atoms with Crippen molar-refractivity contribution < 1.29 is 9.53 Å². The van der Waals surface area contributed by atoms with Crippen LogP contribution in [0.2, 0.25) is 10.0 Å². The third-order valence-electron chi connectivity index (χ3n) is 8.03. The predicted octanol–water partition coefficient (Wildman–Crippen LogP) is 7.84. The molecular weight excluding hydrogens is 503 g/mol. The Bertz CT molecular complexity index is 1190. The van der Waals surface area contributed by atoms with Gasteiger partial charge in [-0.1, -0.05) is 66.4 Å². The summed E-state index contributed by atoms with van der Waals surface area (Å²) in [5.41, 5.74) is 2.88. The lowest BCUT2D eigenvalue weighted by Gasteiger charge is -2.45. The summed E-state index contributed by atoms with van der Waals surface area (Å²) in [6, 6.07) is 24.5. The van der Waals surface area contributed by atoms with Crippen LogP contribution in [0, 0.1) is 0 Å². The summed E-state index contributed by atoms with van der Waals surface area (Å²) in [6.45, 7) is 1.97. The van der Waals surface area contributed by atoms with E-state index in [0.29, 0.717) is 27.6 Å². The van der Waals surface area contributed by atoms with Crippen LogP contribution in [0.4, 0.5) is 5.69 Å². The molecule has 2 aliphatic rings. The van der Waals surface area contributed by atoms with Crippen LogP contribution in [0.1, 0.15) is 60.4 Å². The zero-order valence-electron chi connectivity index (χ0n) is 21.3. The van der Waals surface area contributed by atoms with Crippen molar-refractivity contribution in [1.29, 1.82) is 0 Å². The number of piperidine rings is 1. The Labute approximate surface area is 230 Å². The minimum atomic E-state index is -0.0537. The van der Waals surface area contributed by atoms with Gasteiger partial charge in [-0.25, -0.2) is 0 Å². The second-order valence-corrected chi connectivity index (χ2v) is 11.0. The highest BCUT2D eigenvalue weighted by atomic mass is 35.5. The van der Waals surface area contributed by atoms with Gasteiger partial charge in [-0.3, -0.25) is 9.69 Å². The van der Waals surface area contributed by atoms with Crippen LogP contribution in [0.15, 0.2) is 72.8 Å². The molecule has 1 heterocycles. The van der Waals surface area contributed by atoms with Crippen LogP contribution >= 0.6 is 23.2 Å². The monoisotopic (exact) mass is 536 g/mol. The van der Waals surface area contributed by atoms with E-state index in [1.165, 1.54) is 31.2 Å². The number of rotatable bonds is 6. The minimum absolute atomic E-state index is 0.0537. The summed E-state index contributed by atoms with van der Waals surface area (Å²) < 4.78 is 5.35. The fourth-order valence-corrected chi connectivity index (χ4v) is 6.42. The van der Waals surface area contributed by atoms with Crippen molar-refractivity contribution in [3.05, 3.63) is 94.0 Å². The Morgan fingerprint density at radius 1 is 0.865 bits per heavy atom. The lowest BCUT2D eigenvalue weighted by atomic mass is 9.78. The van der Waals surface area contributed by atoms with E-state index in [-0.39, 0.29) is 11.9 Å². The van der Waals surface area contributed by atoms with Gasteiger partial charge in [0, 0.05) is 36.4 Å². The molecule has 5 rings (SSSR count). The number of carbonyl (C=O) groups is 1. The second kappa shape index (κ2) is 11.9. The van der Waals surface area contributed by atoms with Gasteiger partial charge >= 0.3 is 0 Å². The molecule has 2 fully saturated rings. The van der Waals surface area contributed by atoms with E-state index in [0.717, 1.165) is 37.4 Å². The number of hydrogen-bond acceptors (Lipinski definition) is 3. The molecule has 3 aromatic rings. The molecule has 6 heteroatoms. The van der Waals surface area contributed by atoms with Crippen LogP contribution in [0.5, 0.6) is 5.75 Å². The normalized spacial score (nSPS) is 20.9. The number of carbonyl (C=O) groups excluding carboxylic acids is 1. The number of hydrogen-bond donors (Lipinski definition) is 0. The summed E-state index contributed by atoms with van der Waals surface area (Å²) in [5.74, 6) is 1.30. The van der Waals surface area contributed by atoms with Crippen LogP contribution in [-0.4, -0.2) is 43.1 Å². The summed E-state index contributed by atoms with van der Waals surface area (Å²) in [7, 11) is 1.65. The van der Waals surface area contributed by atoms with Gasteiger partial charge in [-0.05, 0) is 79.6 Å². The Morgan fingerprint density at radius 2 is 1.57 bits per heavy atom. The molecule has 194 valence electrons. The fraction of sp³-hybridized carbons (Fsp3) is 0.387. The molecule has 1 amide bonds. The first-order valence-electron chi connectivity index (χ1n) is 13.3. The molecule has 3 aromatic carbocycles. The van der Waals surface area contributed by atoms with E-state index in [4.69, 9.17) is 27.9 Å². The quantitative estimate of drug-likeness (QED) is 0.321. The maximum absolute atomic E-state index is 13.9. The van der Waals surface area contributed by atoms with Gasteiger partial charge in [-0.15, -0.1) is 0 Å². The Kier molecular flexibility index (Phi) is 8.39. The maximum Gasteiger partial charge on any atom is 0.258 e. The zero-order chi connectivity index (χ0) is 25.8. The predicted molar refractivity (Wildman–Crippen MR) is 152 cm³/mol. The lowest BCUT2D eigenvalue weighted by Crippen LogP contribution is -2.51. The van der Waals surface area contributed by atoms with Crippen LogP contribution in [-0.2, 0) is 0 Å². The van der Waals surface area contributed by atoms with Crippen molar-refractivity contribution in [3.63, 3.8) is 0 Å². The Balaban J connectivity index is 1.36. The average Bonchev–Trinajstić information content (AvgIpc) is 2.96. The summed E-state index contributed by atoms with van der Waals surface area (Å²) in [4.78, 5) is 18.5. The molecule has 0 spiro atoms. The van der Waals surface area contributed by atoms with Crippen molar-refractivity contribution >= 4 is 34.8 Å². The van der Waals surface area contributed by atoms with Gasteiger partial charge in [0.1, 0.15) is 5.75 Å². The van der Waals surface area contributed by atoms with Crippen LogP contribution < -0.4 is 9.64 Å². The molecule has 37 heavy (non-hydrogen) atoms. The summed E-state index contributed by atoms with van der Waals surface area (Å²) in [6.07, 6.45) is 6.95. The first-order valence-corrected chi connectivity index (χ1v) is 14.0. The largest absolute Gasteiger partial charge is 0.497 e. The van der Waals surface area contributed by atoms with Gasteiger partial charge in [0.2, 0.25) is 0 Å². The maximum atomic E-state index is 13.9. The van der Waals surface area contributed by atoms with Crippen molar-refractivity contribution in [2.24, 2.45) is 0 Å². The fourth-order valence-electron chi connectivity index (χ4n) is 6.12. The van der Waals surface area contributed by atoms with E-state index in [9.17, 15) is 4.79 Å². The summed E-state index contributed by atoms with van der Waals surface area (Å²) in [5, 5.41) is 0.837. The minimum Gasteiger partial charge on any atom is -0.497 e. The van der Waals surface area contributed by atoms with E-state index < -0.39 is 0 Å². The molecule has 0 radical (unpaired) electrons. The van der Waals surface area contributed by atoms with Crippen molar-refractivity contribution in [3.8, 4) is 5.75 Å². The first kappa shape index (κ1) is 26.1. The zero-order valence-corrected chi connectivity index (χ0v) is 22.8. The van der Waals surface area contributed by atoms with E-state index in [2.05, 4.69) is 35.2 Å². The molecule has 1 saturated carbocycles. The third kappa shape index (κ3) is 5.82. The highest BCUT2D eigenvalue weighted by molar-refractivity contribution is 6.42.